The van der Waals surface area contributed by atoms with Crippen molar-refractivity contribution >= 4 is 0 Å². The molecule has 0 spiro atoms. The maximum atomic E-state index is 13.0. The Labute approximate surface area is 64.9 Å². The number of rotatable bonds is 2. The summed E-state index contributed by atoms with van der Waals surface area (Å²) >= 11 is 0. The zero-order valence-electron chi connectivity index (χ0n) is 6.79. The fourth-order valence-electron chi connectivity index (χ4n) is 1.25. The van der Waals surface area contributed by atoms with E-state index in [0.29, 0.717) is 6.54 Å². The van der Waals surface area contributed by atoms with E-state index in [9.17, 15) is 8.78 Å². The van der Waals surface area contributed by atoms with Gasteiger partial charge in [0.15, 0.2) is 0 Å². The van der Waals surface area contributed by atoms with Gasteiger partial charge in [-0.2, -0.15) is 0 Å². The SMILES string of the molecule is CNC[C@@]1(C)COCC1(F)F. The summed E-state index contributed by atoms with van der Waals surface area (Å²) in [6, 6.07) is 0. The first-order chi connectivity index (χ1) is 5.02. The zero-order chi connectivity index (χ0) is 8.54. The van der Waals surface area contributed by atoms with E-state index in [1.54, 1.807) is 7.05 Å². The van der Waals surface area contributed by atoms with Crippen LogP contribution in [-0.4, -0.2) is 32.7 Å². The van der Waals surface area contributed by atoms with Crippen LogP contribution in [0.25, 0.3) is 0 Å². The second-order valence-electron chi connectivity index (χ2n) is 3.29. The Morgan fingerprint density at radius 1 is 1.45 bits per heavy atom. The smallest absolute Gasteiger partial charge is 0.279 e. The van der Waals surface area contributed by atoms with Gasteiger partial charge in [0.25, 0.3) is 5.92 Å². The molecule has 1 atom stereocenters. The number of ether oxygens (including phenoxy) is 1. The Hall–Kier alpha value is -0.220. The van der Waals surface area contributed by atoms with E-state index in [2.05, 4.69) is 5.32 Å². The molecule has 1 fully saturated rings. The lowest BCUT2D eigenvalue weighted by molar-refractivity contribution is -0.0769. The molecule has 1 aliphatic rings. The normalized spacial score (nSPS) is 36.0. The van der Waals surface area contributed by atoms with E-state index in [-0.39, 0.29) is 6.61 Å². The summed E-state index contributed by atoms with van der Waals surface area (Å²) in [5, 5.41) is 2.75. The molecule has 0 amide bonds. The van der Waals surface area contributed by atoms with E-state index in [1.165, 1.54) is 6.92 Å². The molecule has 0 aromatic heterocycles. The van der Waals surface area contributed by atoms with E-state index in [0.717, 1.165) is 0 Å². The van der Waals surface area contributed by atoms with Crippen molar-refractivity contribution in [1.82, 2.24) is 5.32 Å². The molecular formula is C7H13F2NO. The lowest BCUT2D eigenvalue weighted by Crippen LogP contribution is -2.44. The Morgan fingerprint density at radius 2 is 2.09 bits per heavy atom. The van der Waals surface area contributed by atoms with E-state index < -0.39 is 17.9 Å². The number of hydrogen-bond acceptors (Lipinski definition) is 2. The van der Waals surface area contributed by atoms with Crippen LogP contribution in [0.5, 0.6) is 0 Å². The third kappa shape index (κ3) is 1.37. The summed E-state index contributed by atoms with van der Waals surface area (Å²) in [6.45, 7) is 1.53. The van der Waals surface area contributed by atoms with Crippen molar-refractivity contribution in [2.24, 2.45) is 5.41 Å². The van der Waals surface area contributed by atoms with Crippen molar-refractivity contribution < 1.29 is 13.5 Å². The van der Waals surface area contributed by atoms with E-state index >= 15 is 0 Å². The minimum Gasteiger partial charge on any atom is -0.374 e. The topological polar surface area (TPSA) is 21.3 Å². The summed E-state index contributed by atoms with van der Waals surface area (Å²) in [5.41, 5.74) is -1.03. The van der Waals surface area contributed by atoms with Crippen molar-refractivity contribution in [2.45, 2.75) is 12.8 Å². The molecule has 2 nitrogen and oxygen atoms in total. The first kappa shape index (κ1) is 8.87. The molecule has 1 saturated heterocycles. The second kappa shape index (κ2) is 2.68. The van der Waals surface area contributed by atoms with Crippen LogP contribution in [-0.2, 0) is 4.74 Å². The van der Waals surface area contributed by atoms with Crippen LogP contribution in [0.2, 0.25) is 0 Å². The number of alkyl halides is 2. The van der Waals surface area contributed by atoms with Gasteiger partial charge in [-0.3, -0.25) is 0 Å². The van der Waals surface area contributed by atoms with Crippen LogP contribution in [0.15, 0.2) is 0 Å². The largest absolute Gasteiger partial charge is 0.374 e. The average molecular weight is 165 g/mol. The van der Waals surface area contributed by atoms with Gasteiger partial charge in [0, 0.05) is 6.54 Å². The Bertz CT molecular complexity index is 151. The van der Waals surface area contributed by atoms with Crippen molar-refractivity contribution in [3.8, 4) is 0 Å². The van der Waals surface area contributed by atoms with Crippen LogP contribution in [0, 0.1) is 5.41 Å². The number of nitrogens with one attached hydrogen (secondary N) is 1. The van der Waals surface area contributed by atoms with Crippen LogP contribution in [0.3, 0.4) is 0 Å². The Kier molecular flexibility index (Phi) is 2.16. The third-order valence-electron chi connectivity index (χ3n) is 2.15. The van der Waals surface area contributed by atoms with Gasteiger partial charge in [-0.15, -0.1) is 0 Å². The quantitative estimate of drug-likeness (QED) is 0.655. The lowest BCUT2D eigenvalue weighted by Gasteiger charge is -2.28. The summed E-state index contributed by atoms with van der Waals surface area (Å²) in [7, 11) is 1.67. The minimum absolute atomic E-state index is 0.140. The fourth-order valence-corrected chi connectivity index (χ4v) is 1.25. The van der Waals surface area contributed by atoms with Gasteiger partial charge < -0.3 is 10.1 Å². The monoisotopic (exact) mass is 165 g/mol. The van der Waals surface area contributed by atoms with Gasteiger partial charge in [-0.1, -0.05) is 6.92 Å². The molecule has 11 heavy (non-hydrogen) atoms. The van der Waals surface area contributed by atoms with Gasteiger partial charge in [-0.25, -0.2) is 8.78 Å². The standard InChI is InChI=1S/C7H13F2NO/c1-6(3-10-2)4-11-5-7(6,8)9/h10H,3-5H2,1-2H3/t6-/m0/s1. The summed E-state index contributed by atoms with van der Waals surface area (Å²) < 4.78 is 30.8. The predicted molar refractivity (Wildman–Crippen MR) is 37.8 cm³/mol. The molecule has 0 aromatic rings. The highest BCUT2D eigenvalue weighted by atomic mass is 19.3. The molecule has 1 heterocycles. The van der Waals surface area contributed by atoms with Crippen LogP contribution in [0.4, 0.5) is 8.78 Å². The second-order valence-corrected chi connectivity index (χ2v) is 3.29. The van der Waals surface area contributed by atoms with E-state index in [4.69, 9.17) is 4.74 Å². The Balaban J connectivity index is 2.68. The molecule has 1 aliphatic heterocycles. The van der Waals surface area contributed by atoms with Gasteiger partial charge in [0.05, 0.1) is 12.0 Å². The molecule has 1 N–H and O–H groups in total. The summed E-state index contributed by atoms with van der Waals surface area (Å²) in [5.74, 6) is -2.68. The predicted octanol–water partition coefficient (Wildman–Crippen LogP) is 0.878. The first-order valence-electron chi connectivity index (χ1n) is 3.62. The summed E-state index contributed by atoms with van der Waals surface area (Å²) in [6.07, 6.45) is 0. The zero-order valence-corrected chi connectivity index (χ0v) is 6.79. The number of hydrogen-bond donors (Lipinski definition) is 1. The molecule has 0 aliphatic carbocycles. The molecule has 4 heteroatoms. The highest BCUT2D eigenvalue weighted by Gasteiger charge is 2.54. The van der Waals surface area contributed by atoms with Gasteiger partial charge in [-0.05, 0) is 7.05 Å². The molecule has 0 radical (unpaired) electrons. The molecule has 66 valence electrons. The van der Waals surface area contributed by atoms with Crippen molar-refractivity contribution in [1.29, 1.82) is 0 Å². The van der Waals surface area contributed by atoms with Crippen LogP contribution in [0.1, 0.15) is 6.92 Å². The highest BCUT2D eigenvalue weighted by Crippen LogP contribution is 2.41. The van der Waals surface area contributed by atoms with Gasteiger partial charge >= 0.3 is 0 Å². The molecule has 0 aromatic carbocycles. The fraction of sp³-hybridized carbons (Fsp3) is 1.00. The molecule has 1 rings (SSSR count). The van der Waals surface area contributed by atoms with Gasteiger partial charge in [0.2, 0.25) is 0 Å². The maximum Gasteiger partial charge on any atom is 0.279 e. The highest BCUT2D eigenvalue weighted by molar-refractivity contribution is 4.94. The van der Waals surface area contributed by atoms with Crippen molar-refractivity contribution in [3.05, 3.63) is 0 Å². The van der Waals surface area contributed by atoms with Gasteiger partial charge in [0.1, 0.15) is 6.61 Å². The molecule has 0 saturated carbocycles. The maximum absolute atomic E-state index is 13.0. The lowest BCUT2D eigenvalue weighted by atomic mass is 9.86. The van der Waals surface area contributed by atoms with Crippen LogP contribution >= 0.6 is 0 Å². The molecule has 0 unspecified atom stereocenters. The first-order valence-corrected chi connectivity index (χ1v) is 3.62. The molecular weight excluding hydrogens is 152 g/mol. The van der Waals surface area contributed by atoms with Crippen molar-refractivity contribution in [2.75, 3.05) is 26.8 Å². The van der Waals surface area contributed by atoms with E-state index in [1.807, 2.05) is 0 Å². The Morgan fingerprint density at radius 3 is 2.45 bits per heavy atom. The third-order valence-corrected chi connectivity index (χ3v) is 2.15. The molecule has 0 bridgehead atoms. The number of halogens is 2. The van der Waals surface area contributed by atoms with Crippen molar-refractivity contribution in [3.63, 3.8) is 0 Å². The average Bonchev–Trinajstić information content (AvgIpc) is 2.09. The van der Waals surface area contributed by atoms with Crippen LogP contribution < -0.4 is 5.32 Å². The summed E-state index contributed by atoms with van der Waals surface area (Å²) in [4.78, 5) is 0. The minimum atomic E-state index is -2.68.